The average Bonchev–Trinajstić information content (AvgIpc) is 3.23. The van der Waals surface area contributed by atoms with Crippen molar-refractivity contribution in [3.05, 3.63) is 59.5 Å². The molecule has 1 aliphatic heterocycles. The molecular weight excluding hydrogens is 308 g/mol. The summed E-state index contributed by atoms with van der Waals surface area (Å²) in [6.45, 7) is 2.32. The normalized spacial score (nSPS) is 17.8. The molecule has 1 amide bonds. The second kappa shape index (κ2) is 7.31. The number of rotatable bonds is 6. The minimum absolute atomic E-state index is 0.0861. The zero-order chi connectivity index (χ0) is 16.9. The molecule has 6 nitrogen and oxygen atoms in total. The number of hydrogen-bond acceptors (Lipinski definition) is 4. The molecule has 1 aliphatic rings. The van der Waals surface area contributed by atoms with Crippen LogP contribution in [0.25, 0.3) is 0 Å². The molecule has 1 aromatic heterocycles. The van der Waals surface area contributed by atoms with Gasteiger partial charge in [0, 0.05) is 6.54 Å². The van der Waals surface area contributed by atoms with Crippen LogP contribution in [-0.4, -0.2) is 41.5 Å². The third-order valence-corrected chi connectivity index (χ3v) is 4.24. The number of nitrogens with zero attached hydrogens (tertiary/aromatic N) is 1. The number of aromatic carboxylic acids is 1. The second-order valence-corrected chi connectivity index (χ2v) is 5.98. The number of carbonyl (C=O) groups is 2. The standard InChI is InChI=1S/C18H20N2O4/c21-17(19-10-15-6-7-16(24-15)18(22)23)12-20-9-8-14(11-20)13-4-2-1-3-5-13/h1-7,14H,8-12H2,(H,19,21)(H,22,23). The zero-order valence-electron chi connectivity index (χ0n) is 13.3. The van der Waals surface area contributed by atoms with Crippen molar-refractivity contribution in [1.82, 2.24) is 10.2 Å². The summed E-state index contributed by atoms with van der Waals surface area (Å²) >= 11 is 0. The number of amides is 1. The monoisotopic (exact) mass is 328 g/mol. The van der Waals surface area contributed by atoms with E-state index in [1.807, 2.05) is 18.2 Å². The van der Waals surface area contributed by atoms with Gasteiger partial charge >= 0.3 is 5.97 Å². The molecule has 24 heavy (non-hydrogen) atoms. The Labute approximate surface area is 140 Å². The number of benzene rings is 1. The lowest BCUT2D eigenvalue weighted by Gasteiger charge is -2.15. The van der Waals surface area contributed by atoms with Gasteiger partial charge in [0.15, 0.2) is 0 Å². The van der Waals surface area contributed by atoms with E-state index in [1.54, 1.807) is 6.07 Å². The highest BCUT2D eigenvalue weighted by Crippen LogP contribution is 2.26. The average molecular weight is 328 g/mol. The molecule has 0 aliphatic carbocycles. The van der Waals surface area contributed by atoms with Crippen LogP contribution in [0.15, 0.2) is 46.9 Å². The molecule has 2 N–H and O–H groups in total. The minimum atomic E-state index is -1.11. The maximum Gasteiger partial charge on any atom is 0.371 e. The Morgan fingerprint density at radius 2 is 2.00 bits per heavy atom. The molecule has 126 valence electrons. The van der Waals surface area contributed by atoms with Crippen molar-refractivity contribution in [2.24, 2.45) is 0 Å². The number of carbonyl (C=O) groups excluding carboxylic acids is 1. The summed E-state index contributed by atoms with van der Waals surface area (Å²) < 4.78 is 5.11. The van der Waals surface area contributed by atoms with Crippen LogP contribution in [0.3, 0.4) is 0 Å². The number of carboxylic acid groups (broad SMARTS) is 1. The lowest BCUT2D eigenvalue weighted by Crippen LogP contribution is -2.35. The number of likely N-dealkylation sites (tertiary alicyclic amines) is 1. The lowest BCUT2D eigenvalue weighted by molar-refractivity contribution is -0.122. The predicted molar refractivity (Wildman–Crippen MR) is 87.8 cm³/mol. The van der Waals surface area contributed by atoms with Gasteiger partial charge in [-0.25, -0.2) is 4.79 Å². The van der Waals surface area contributed by atoms with Crippen molar-refractivity contribution < 1.29 is 19.1 Å². The third kappa shape index (κ3) is 4.02. The summed E-state index contributed by atoms with van der Waals surface area (Å²) in [6.07, 6.45) is 1.05. The molecule has 2 heterocycles. The zero-order valence-corrected chi connectivity index (χ0v) is 13.3. The number of nitrogens with one attached hydrogen (secondary N) is 1. The molecule has 0 saturated carbocycles. The Kier molecular flexibility index (Phi) is 4.96. The lowest BCUT2D eigenvalue weighted by atomic mass is 9.99. The Bertz CT molecular complexity index is 711. The smallest absolute Gasteiger partial charge is 0.371 e. The predicted octanol–water partition coefficient (Wildman–Crippen LogP) is 2.08. The number of hydrogen-bond donors (Lipinski definition) is 2. The SMILES string of the molecule is O=C(CN1CCC(c2ccccc2)C1)NCc1ccc(C(=O)O)o1. The van der Waals surface area contributed by atoms with Gasteiger partial charge in [-0.2, -0.15) is 0 Å². The number of carboxylic acids is 1. The molecule has 1 fully saturated rings. The molecule has 6 heteroatoms. The van der Waals surface area contributed by atoms with Crippen molar-refractivity contribution in [3.8, 4) is 0 Å². The highest BCUT2D eigenvalue weighted by molar-refractivity contribution is 5.84. The fraction of sp³-hybridized carbons (Fsp3) is 0.333. The maximum atomic E-state index is 12.0. The van der Waals surface area contributed by atoms with E-state index in [9.17, 15) is 9.59 Å². The Hall–Kier alpha value is -2.60. The van der Waals surface area contributed by atoms with E-state index in [2.05, 4.69) is 22.3 Å². The van der Waals surface area contributed by atoms with Crippen molar-refractivity contribution in [2.75, 3.05) is 19.6 Å². The van der Waals surface area contributed by atoms with Crippen LogP contribution in [0.1, 0.15) is 34.2 Å². The van der Waals surface area contributed by atoms with Gasteiger partial charge in [0.25, 0.3) is 0 Å². The summed E-state index contributed by atoms with van der Waals surface area (Å²) in [5.74, 6) is -0.412. The highest BCUT2D eigenvalue weighted by atomic mass is 16.4. The molecule has 1 atom stereocenters. The van der Waals surface area contributed by atoms with E-state index < -0.39 is 5.97 Å². The van der Waals surface area contributed by atoms with Crippen LogP contribution in [0, 0.1) is 0 Å². The summed E-state index contributed by atoms with van der Waals surface area (Å²) in [5, 5.41) is 11.6. The highest BCUT2D eigenvalue weighted by Gasteiger charge is 2.25. The van der Waals surface area contributed by atoms with Crippen molar-refractivity contribution in [2.45, 2.75) is 18.9 Å². The summed E-state index contributed by atoms with van der Waals surface area (Å²) in [7, 11) is 0. The Balaban J connectivity index is 1.44. The van der Waals surface area contributed by atoms with Gasteiger partial charge < -0.3 is 14.8 Å². The second-order valence-electron chi connectivity index (χ2n) is 5.98. The molecule has 0 radical (unpaired) electrons. The van der Waals surface area contributed by atoms with Crippen molar-refractivity contribution >= 4 is 11.9 Å². The first-order chi connectivity index (χ1) is 11.6. The van der Waals surface area contributed by atoms with Gasteiger partial charge in [-0.15, -0.1) is 0 Å². The Morgan fingerprint density at radius 3 is 2.71 bits per heavy atom. The van der Waals surface area contributed by atoms with Crippen molar-refractivity contribution in [3.63, 3.8) is 0 Å². The van der Waals surface area contributed by atoms with Gasteiger partial charge in [-0.05, 0) is 36.6 Å². The quantitative estimate of drug-likeness (QED) is 0.848. The van der Waals surface area contributed by atoms with Gasteiger partial charge in [0.1, 0.15) is 5.76 Å². The molecule has 1 aromatic carbocycles. The molecule has 0 spiro atoms. The van der Waals surface area contributed by atoms with Crippen LogP contribution in [0.5, 0.6) is 0 Å². The van der Waals surface area contributed by atoms with E-state index in [-0.39, 0.29) is 18.2 Å². The number of furan rings is 1. The molecule has 3 rings (SSSR count). The fourth-order valence-corrected chi connectivity index (χ4v) is 3.01. The van der Waals surface area contributed by atoms with Gasteiger partial charge in [0.2, 0.25) is 11.7 Å². The van der Waals surface area contributed by atoms with Gasteiger partial charge in [-0.1, -0.05) is 30.3 Å². The first-order valence-corrected chi connectivity index (χ1v) is 7.98. The van der Waals surface area contributed by atoms with E-state index in [1.165, 1.54) is 11.6 Å². The molecular formula is C18H20N2O4. The minimum Gasteiger partial charge on any atom is -0.475 e. The fourth-order valence-electron chi connectivity index (χ4n) is 3.01. The largest absolute Gasteiger partial charge is 0.475 e. The van der Waals surface area contributed by atoms with Crippen LogP contribution in [0.4, 0.5) is 0 Å². The van der Waals surface area contributed by atoms with Gasteiger partial charge in [-0.3, -0.25) is 9.69 Å². The van der Waals surface area contributed by atoms with Crippen LogP contribution < -0.4 is 5.32 Å². The maximum absolute atomic E-state index is 12.0. The van der Waals surface area contributed by atoms with Crippen LogP contribution >= 0.6 is 0 Å². The third-order valence-electron chi connectivity index (χ3n) is 4.24. The summed E-state index contributed by atoms with van der Waals surface area (Å²) in [4.78, 5) is 24.9. The van der Waals surface area contributed by atoms with Crippen molar-refractivity contribution in [1.29, 1.82) is 0 Å². The van der Waals surface area contributed by atoms with Crippen LogP contribution in [-0.2, 0) is 11.3 Å². The topological polar surface area (TPSA) is 82.8 Å². The molecule has 0 bridgehead atoms. The molecule has 1 saturated heterocycles. The van der Waals surface area contributed by atoms with Crippen LogP contribution in [0.2, 0.25) is 0 Å². The molecule has 1 unspecified atom stereocenters. The van der Waals surface area contributed by atoms with E-state index >= 15 is 0 Å². The first-order valence-electron chi connectivity index (χ1n) is 7.98. The van der Waals surface area contributed by atoms with E-state index in [0.29, 0.717) is 18.2 Å². The summed E-state index contributed by atoms with van der Waals surface area (Å²) in [6, 6.07) is 13.3. The summed E-state index contributed by atoms with van der Waals surface area (Å²) in [5.41, 5.74) is 1.32. The Morgan fingerprint density at radius 1 is 1.21 bits per heavy atom. The van der Waals surface area contributed by atoms with E-state index in [4.69, 9.17) is 9.52 Å². The first kappa shape index (κ1) is 16.3. The molecule has 2 aromatic rings. The van der Waals surface area contributed by atoms with Gasteiger partial charge in [0.05, 0.1) is 13.1 Å². The van der Waals surface area contributed by atoms with E-state index in [0.717, 1.165) is 19.5 Å².